The van der Waals surface area contributed by atoms with Crippen LogP contribution in [0.2, 0.25) is 0 Å². The minimum absolute atomic E-state index is 0.153. The second-order valence-corrected chi connectivity index (χ2v) is 6.82. The summed E-state index contributed by atoms with van der Waals surface area (Å²) < 4.78 is 2.14. The van der Waals surface area contributed by atoms with Crippen molar-refractivity contribution in [1.82, 2.24) is 14.5 Å². The van der Waals surface area contributed by atoms with Crippen LogP contribution in [-0.4, -0.2) is 52.1 Å². The van der Waals surface area contributed by atoms with Crippen LogP contribution in [0.15, 0.2) is 43.0 Å². The number of nitrogens with zero attached hydrogens (tertiary/aromatic N) is 5. The number of unbranched alkanes of at least 4 members (excludes halogenated alkanes) is 3. The Morgan fingerprint density at radius 1 is 0.962 bits per heavy atom. The molecule has 2 heterocycles. The lowest BCUT2D eigenvalue weighted by atomic mass is 10.1. The number of nitro groups is 1. The monoisotopic (exact) mass is 357 g/mol. The molecule has 7 nitrogen and oxygen atoms in total. The fourth-order valence-corrected chi connectivity index (χ4v) is 3.42. The van der Waals surface area contributed by atoms with E-state index in [0.717, 1.165) is 38.4 Å². The molecule has 0 amide bonds. The minimum Gasteiger partial charge on any atom is -0.369 e. The molecule has 140 valence electrons. The van der Waals surface area contributed by atoms with E-state index in [2.05, 4.69) is 19.4 Å². The van der Waals surface area contributed by atoms with Crippen molar-refractivity contribution in [2.24, 2.45) is 0 Å². The van der Waals surface area contributed by atoms with Crippen LogP contribution in [0.3, 0.4) is 0 Å². The summed E-state index contributed by atoms with van der Waals surface area (Å²) >= 11 is 0. The van der Waals surface area contributed by atoms with Crippen molar-refractivity contribution in [3.8, 4) is 0 Å². The first-order valence-corrected chi connectivity index (χ1v) is 9.40. The van der Waals surface area contributed by atoms with Gasteiger partial charge in [0.15, 0.2) is 0 Å². The van der Waals surface area contributed by atoms with E-state index in [9.17, 15) is 10.1 Å². The van der Waals surface area contributed by atoms with Crippen molar-refractivity contribution >= 4 is 11.4 Å². The molecule has 1 aliphatic heterocycles. The van der Waals surface area contributed by atoms with Gasteiger partial charge in [0, 0.05) is 62.9 Å². The highest BCUT2D eigenvalue weighted by Gasteiger charge is 2.17. The van der Waals surface area contributed by atoms with Gasteiger partial charge in [-0.05, 0) is 31.5 Å². The van der Waals surface area contributed by atoms with Gasteiger partial charge in [0.25, 0.3) is 5.69 Å². The molecule has 3 rings (SSSR count). The molecule has 0 unspecified atom stereocenters. The number of aryl methyl sites for hydroxylation is 1. The number of aromatic nitrogens is 2. The zero-order valence-electron chi connectivity index (χ0n) is 15.2. The molecule has 0 saturated carbocycles. The molecule has 0 N–H and O–H groups in total. The van der Waals surface area contributed by atoms with E-state index in [0.29, 0.717) is 0 Å². The molecule has 7 heteroatoms. The molecule has 1 saturated heterocycles. The number of benzene rings is 1. The summed E-state index contributed by atoms with van der Waals surface area (Å²) in [5.74, 6) is 0. The highest BCUT2D eigenvalue weighted by molar-refractivity contribution is 5.51. The van der Waals surface area contributed by atoms with Gasteiger partial charge in [-0.1, -0.05) is 12.8 Å². The Balaban J connectivity index is 1.29. The zero-order valence-corrected chi connectivity index (χ0v) is 15.2. The van der Waals surface area contributed by atoms with Gasteiger partial charge in [0.2, 0.25) is 0 Å². The van der Waals surface area contributed by atoms with E-state index < -0.39 is 0 Å². The number of hydrogen-bond acceptors (Lipinski definition) is 5. The lowest BCUT2D eigenvalue weighted by molar-refractivity contribution is -0.384. The van der Waals surface area contributed by atoms with Crippen LogP contribution in [0.4, 0.5) is 11.4 Å². The van der Waals surface area contributed by atoms with Crippen molar-refractivity contribution in [2.45, 2.75) is 32.2 Å². The third kappa shape index (κ3) is 5.29. The number of hydrogen-bond donors (Lipinski definition) is 0. The number of nitro benzene ring substituents is 1. The highest BCUT2D eigenvalue weighted by Crippen LogP contribution is 2.20. The first kappa shape index (κ1) is 18.4. The summed E-state index contributed by atoms with van der Waals surface area (Å²) in [6.07, 6.45) is 10.7. The molecular formula is C19H27N5O2. The molecule has 0 bridgehead atoms. The molecule has 0 atom stereocenters. The maximum Gasteiger partial charge on any atom is 0.269 e. The largest absolute Gasteiger partial charge is 0.369 e. The van der Waals surface area contributed by atoms with Gasteiger partial charge in [-0.15, -0.1) is 0 Å². The van der Waals surface area contributed by atoms with E-state index in [4.69, 9.17) is 0 Å². The van der Waals surface area contributed by atoms with E-state index >= 15 is 0 Å². The van der Waals surface area contributed by atoms with Crippen LogP contribution in [0, 0.1) is 10.1 Å². The number of anilines is 1. The molecule has 0 radical (unpaired) electrons. The van der Waals surface area contributed by atoms with Crippen LogP contribution in [-0.2, 0) is 6.54 Å². The van der Waals surface area contributed by atoms with E-state index in [1.807, 2.05) is 30.9 Å². The summed E-state index contributed by atoms with van der Waals surface area (Å²) in [5, 5.41) is 10.7. The minimum atomic E-state index is -0.350. The Bertz CT molecular complexity index is 664. The molecular weight excluding hydrogens is 330 g/mol. The summed E-state index contributed by atoms with van der Waals surface area (Å²) in [6, 6.07) is 6.89. The Morgan fingerprint density at radius 2 is 1.65 bits per heavy atom. The molecule has 1 aliphatic rings. The first-order chi connectivity index (χ1) is 12.7. The summed E-state index contributed by atoms with van der Waals surface area (Å²) in [5.41, 5.74) is 1.23. The second kappa shape index (κ2) is 9.33. The number of rotatable bonds is 9. The van der Waals surface area contributed by atoms with Gasteiger partial charge in [-0.2, -0.15) is 0 Å². The first-order valence-electron chi connectivity index (χ1n) is 9.40. The van der Waals surface area contributed by atoms with E-state index in [1.54, 1.807) is 12.1 Å². The number of piperazine rings is 1. The van der Waals surface area contributed by atoms with Crippen LogP contribution >= 0.6 is 0 Å². The predicted molar refractivity (Wildman–Crippen MR) is 102 cm³/mol. The van der Waals surface area contributed by atoms with Crippen LogP contribution in [0.1, 0.15) is 25.7 Å². The van der Waals surface area contributed by atoms with Crippen molar-refractivity contribution in [3.05, 3.63) is 53.1 Å². The maximum absolute atomic E-state index is 10.7. The lowest BCUT2D eigenvalue weighted by Gasteiger charge is -2.36. The average molecular weight is 357 g/mol. The Labute approximate surface area is 154 Å². The topological polar surface area (TPSA) is 67.4 Å². The quantitative estimate of drug-likeness (QED) is 0.392. The Morgan fingerprint density at radius 3 is 2.27 bits per heavy atom. The summed E-state index contributed by atoms with van der Waals surface area (Å²) in [7, 11) is 0. The fourth-order valence-electron chi connectivity index (χ4n) is 3.42. The van der Waals surface area contributed by atoms with Crippen molar-refractivity contribution in [1.29, 1.82) is 0 Å². The fraction of sp³-hybridized carbons (Fsp3) is 0.526. The normalized spacial score (nSPS) is 15.3. The predicted octanol–water partition coefficient (Wildman–Crippen LogP) is 3.17. The number of non-ortho nitro benzene ring substituents is 1. The zero-order chi connectivity index (χ0) is 18.2. The Kier molecular flexibility index (Phi) is 6.60. The third-order valence-corrected chi connectivity index (χ3v) is 5.00. The van der Waals surface area contributed by atoms with Gasteiger partial charge < -0.3 is 9.47 Å². The Hall–Kier alpha value is -2.41. The average Bonchev–Trinajstić information content (AvgIpc) is 3.19. The SMILES string of the molecule is O=[N+]([O-])c1ccc(N2CCN(CCCCCCn3ccnc3)CC2)cc1. The molecule has 1 aromatic heterocycles. The van der Waals surface area contributed by atoms with Gasteiger partial charge in [-0.25, -0.2) is 4.98 Å². The molecule has 1 aromatic carbocycles. The lowest BCUT2D eigenvalue weighted by Crippen LogP contribution is -2.46. The molecule has 0 aliphatic carbocycles. The van der Waals surface area contributed by atoms with Gasteiger partial charge in [0.05, 0.1) is 11.3 Å². The summed E-state index contributed by atoms with van der Waals surface area (Å²) in [6.45, 7) is 6.32. The standard InChI is InChI=1S/C19H27N5O2/c25-24(26)19-7-5-18(6-8-19)23-15-13-21(14-16-23)10-3-1-2-4-11-22-12-9-20-17-22/h5-9,12,17H,1-4,10-11,13-16H2. The maximum atomic E-state index is 10.7. The van der Waals surface area contributed by atoms with Crippen molar-refractivity contribution in [3.63, 3.8) is 0 Å². The van der Waals surface area contributed by atoms with E-state index in [1.165, 1.54) is 32.2 Å². The summed E-state index contributed by atoms with van der Waals surface area (Å²) in [4.78, 5) is 19.3. The third-order valence-electron chi connectivity index (χ3n) is 5.00. The van der Waals surface area contributed by atoms with Crippen LogP contribution in [0.25, 0.3) is 0 Å². The number of imidazole rings is 1. The van der Waals surface area contributed by atoms with Gasteiger partial charge in [0.1, 0.15) is 0 Å². The van der Waals surface area contributed by atoms with E-state index in [-0.39, 0.29) is 10.6 Å². The molecule has 26 heavy (non-hydrogen) atoms. The van der Waals surface area contributed by atoms with Crippen LogP contribution < -0.4 is 4.90 Å². The van der Waals surface area contributed by atoms with Gasteiger partial charge in [-0.3, -0.25) is 15.0 Å². The van der Waals surface area contributed by atoms with Crippen molar-refractivity contribution in [2.75, 3.05) is 37.6 Å². The smallest absolute Gasteiger partial charge is 0.269 e. The molecule has 0 spiro atoms. The highest BCUT2D eigenvalue weighted by atomic mass is 16.6. The van der Waals surface area contributed by atoms with Gasteiger partial charge >= 0.3 is 0 Å². The van der Waals surface area contributed by atoms with Crippen LogP contribution in [0.5, 0.6) is 0 Å². The van der Waals surface area contributed by atoms with Crippen molar-refractivity contribution < 1.29 is 4.92 Å². The second-order valence-electron chi connectivity index (χ2n) is 6.82. The molecule has 1 fully saturated rings. The molecule has 2 aromatic rings.